The molecule has 5 nitrogen and oxygen atoms in total. The Morgan fingerprint density at radius 2 is 2.32 bits per heavy atom. The van der Waals surface area contributed by atoms with E-state index in [0.29, 0.717) is 18.2 Å². The second kappa shape index (κ2) is 5.88. The molecule has 0 heterocycles. The first-order valence-electron chi connectivity index (χ1n) is 6.22. The van der Waals surface area contributed by atoms with Crippen molar-refractivity contribution in [2.45, 2.75) is 18.9 Å². The van der Waals surface area contributed by atoms with Crippen molar-refractivity contribution in [3.8, 4) is 5.75 Å². The number of hydrogen-bond acceptors (Lipinski definition) is 4. The zero-order chi connectivity index (χ0) is 13.8. The molecule has 6 heteroatoms. The molecule has 19 heavy (non-hydrogen) atoms. The van der Waals surface area contributed by atoms with Crippen LogP contribution in [0.2, 0.25) is 0 Å². The number of benzene rings is 1. The van der Waals surface area contributed by atoms with Gasteiger partial charge >= 0.3 is 0 Å². The second-order valence-electron chi connectivity index (χ2n) is 4.69. The highest BCUT2D eigenvalue weighted by atomic mass is 19.1. The van der Waals surface area contributed by atoms with Crippen molar-refractivity contribution < 1.29 is 14.3 Å². The molecule has 3 N–H and O–H groups in total. The summed E-state index contributed by atoms with van der Waals surface area (Å²) in [4.78, 5) is 2.21. The predicted octanol–water partition coefficient (Wildman–Crippen LogP) is 1.39. The minimum atomic E-state index is -0.516. The average molecular weight is 267 g/mol. The first-order chi connectivity index (χ1) is 9.11. The second-order valence-corrected chi connectivity index (χ2v) is 4.69. The fourth-order valence-electron chi connectivity index (χ4n) is 1.83. The van der Waals surface area contributed by atoms with Gasteiger partial charge in [-0.2, -0.15) is 0 Å². The normalized spacial score (nSPS) is 15.8. The maximum atomic E-state index is 13.7. The van der Waals surface area contributed by atoms with Crippen LogP contribution in [-0.4, -0.2) is 42.2 Å². The Kier molecular flexibility index (Phi) is 4.21. The van der Waals surface area contributed by atoms with E-state index in [4.69, 9.17) is 15.7 Å². The molecule has 1 aromatic carbocycles. The summed E-state index contributed by atoms with van der Waals surface area (Å²) >= 11 is 0. The van der Waals surface area contributed by atoms with Gasteiger partial charge in [0.1, 0.15) is 6.61 Å². The Morgan fingerprint density at radius 3 is 2.89 bits per heavy atom. The van der Waals surface area contributed by atoms with Gasteiger partial charge in [-0.05, 0) is 38.1 Å². The Labute approximate surface area is 111 Å². The number of rotatable bonds is 6. The first kappa shape index (κ1) is 13.6. The Balaban J connectivity index is 1.89. The minimum absolute atomic E-state index is 0.126. The monoisotopic (exact) mass is 267 g/mol. The smallest absolute Gasteiger partial charge is 0.170 e. The largest absolute Gasteiger partial charge is 0.489 e. The molecule has 0 spiro atoms. The van der Waals surface area contributed by atoms with E-state index < -0.39 is 5.82 Å². The lowest BCUT2D eigenvalue weighted by Crippen LogP contribution is -2.26. The molecule has 0 unspecified atom stereocenters. The van der Waals surface area contributed by atoms with Crippen molar-refractivity contribution in [1.82, 2.24) is 4.90 Å². The Hall–Kier alpha value is -1.82. The highest BCUT2D eigenvalue weighted by Gasteiger charge is 2.25. The van der Waals surface area contributed by atoms with Gasteiger partial charge in [-0.1, -0.05) is 5.16 Å². The quantitative estimate of drug-likeness (QED) is 0.354. The van der Waals surface area contributed by atoms with E-state index in [9.17, 15) is 4.39 Å². The number of amidine groups is 1. The molecule has 1 aromatic rings. The molecule has 0 atom stereocenters. The van der Waals surface area contributed by atoms with Gasteiger partial charge in [0.15, 0.2) is 17.4 Å². The van der Waals surface area contributed by atoms with Gasteiger partial charge in [-0.15, -0.1) is 0 Å². The van der Waals surface area contributed by atoms with Gasteiger partial charge in [0.05, 0.1) is 0 Å². The van der Waals surface area contributed by atoms with Crippen LogP contribution in [0.3, 0.4) is 0 Å². The third kappa shape index (κ3) is 3.57. The van der Waals surface area contributed by atoms with E-state index in [-0.39, 0.29) is 11.6 Å². The summed E-state index contributed by atoms with van der Waals surface area (Å²) < 4.78 is 19.1. The summed E-state index contributed by atoms with van der Waals surface area (Å²) in [5.41, 5.74) is 5.70. The van der Waals surface area contributed by atoms with E-state index in [2.05, 4.69) is 10.1 Å². The average Bonchev–Trinajstić information content (AvgIpc) is 3.23. The highest BCUT2D eigenvalue weighted by molar-refractivity contribution is 5.97. The summed E-state index contributed by atoms with van der Waals surface area (Å²) in [6.07, 6.45) is 2.47. The van der Waals surface area contributed by atoms with Crippen LogP contribution in [0.15, 0.2) is 23.4 Å². The summed E-state index contributed by atoms with van der Waals surface area (Å²) in [6.45, 7) is 1.21. The molecule has 1 saturated carbocycles. The van der Waals surface area contributed by atoms with Gasteiger partial charge in [-0.3, -0.25) is 0 Å². The van der Waals surface area contributed by atoms with E-state index in [1.54, 1.807) is 6.07 Å². The fraction of sp³-hybridized carbons (Fsp3) is 0.462. The molecule has 1 aliphatic rings. The third-order valence-electron chi connectivity index (χ3n) is 3.21. The number of ether oxygens (including phenoxy) is 1. The van der Waals surface area contributed by atoms with Crippen LogP contribution in [0.1, 0.15) is 18.4 Å². The maximum Gasteiger partial charge on any atom is 0.170 e. The predicted molar refractivity (Wildman–Crippen MR) is 70.1 cm³/mol. The number of likely N-dealkylation sites (N-methyl/N-ethyl adjacent to an activating group) is 1. The first-order valence-corrected chi connectivity index (χ1v) is 6.22. The number of halogens is 1. The van der Waals surface area contributed by atoms with Crippen LogP contribution < -0.4 is 10.5 Å². The van der Waals surface area contributed by atoms with Crippen molar-refractivity contribution in [3.05, 3.63) is 29.6 Å². The summed E-state index contributed by atoms with van der Waals surface area (Å²) in [6, 6.07) is 4.89. The van der Waals surface area contributed by atoms with E-state index in [1.165, 1.54) is 25.0 Å². The number of oxime groups is 1. The van der Waals surface area contributed by atoms with Gasteiger partial charge in [0.2, 0.25) is 0 Å². The number of nitrogens with two attached hydrogens (primary N) is 1. The zero-order valence-corrected chi connectivity index (χ0v) is 10.8. The zero-order valence-electron chi connectivity index (χ0n) is 10.8. The third-order valence-corrected chi connectivity index (χ3v) is 3.21. The number of nitrogens with zero attached hydrogens (tertiary/aromatic N) is 2. The lowest BCUT2D eigenvalue weighted by atomic mass is 10.2. The Bertz CT molecular complexity index is 475. The molecule has 0 radical (unpaired) electrons. The SMILES string of the molecule is CN(CCOc1ccc(/C(N)=N/O)cc1F)C1CC1. The molecule has 0 saturated heterocycles. The Morgan fingerprint density at radius 1 is 1.58 bits per heavy atom. The maximum absolute atomic E-state index is 13.7. The molecule has 0 aliphatic heterocycles. The summed E-state index contributed by atoms with van der Waals surface area (Å²) in [7, 11) is 2.04. The van der Waals surface area contributed by atoms with Gasteiger partial charge in [0.25, 0.3) is 0 Å². The van der Waals surface area contributed by atoms with Crippen LogP contribution in [0.25, 0.3) is 0 Å². The van der Waals surface area contributed by atoms with Crippen LogP contribution >= 0.6 is 0 Å². The van der Waals surface area contributed by atoms with Crippen LogP contribution in [-0.2, 0) is 0 Å². The van der Waals surface area contributed by atoms with E-state index >= 15 is 0 Å². The van der Waals surface area contributed by atoms with Crippen LogP contribution in [0.4, 0.5) is 4.39 Å². The standard InChI is InChI=1S/C13H18FN3O2/c1-17(10-3-4-10)6-7-19-12-5-2-9(8-11(12)14)13(15)16-18/h2,5,8,10,18H,3-4,6-7H2,1H3,(H2,15,16). The van der Waals surface area contributed by atoms with Crippen molar-refractivity contribution >= 4 is 5.84 Å². The molecule has 1 aliphatic carbocycles. The van der Waals surface area contributed by atoms with Crippen LogP contribution in [0.5, 0.6) is 5.75 Å². The molecule has 1 fully saturated rings. The van der Waals surface area contributed by atoms with Crippen molar-refractivity contribution in [1.29, 1.82) is 0 Å². The molecular formula is C13H18FN3O2. The molecule has 2 rings (SSSR count). The lowest BCUT2D eigenvalue weighted by molar-refractivity contribution is 0.225. The molecule has 0 bridgehead atoms. The van der Waals surface area contributed by atoms with Crippen LogP contribution in [0, 0.1) is 5.82 Å². The minimum Gasteiger partial charge on any atom is -0.489 e. The molecular weight excluding hydrogens is 249 g/mol. The molecule has 104 valence electrons. The van der Waals surface area contributed by atoms with Crippen molar-refractivity contribution in [2.24, 2.45) is 10.9 Å². The number of hydrogen-bond donors (Lipinski definition) is 2. The summed E-state index contributed by atoms with van der Waals surface area (Å²) in [5, 5.41) is 11.3. The van der Waals surface area contributed by atoms with Gasteiger partial charge < -0.3 is 20.6 Å². The van der Waals surface area contributed by atoms with Gasteiger partial charge in [0, 0.05) is 18.2 Å². The van der Waals surface area contributed by atoms with Crippen molar-refractivity contribution in [3.63, 3.8) is 0 Å². The highest BCUT2D eigenvalue weighted by Crippen LogP contribution is 2.25. The van der Waals surface area contributed by atoms with Crippen molar-refractivity contribution in [2.75, 3.05) is 20.2 Å². The molecule has 0 amide bonds. The molecule has 0 aromatic heterocycles. The van der Waals surface area contributed by atoms with Gasteiger partial charge in [-0.25, -0.2) is 4.39 Å². The lowest BCUT2D eigenvalue weighted by Gasteiger charge is -2.16. The fourth-order valence-corrected chi connectivity index (χ4v) is 1.83. The van der Waals surface area contributed by atoms with E-state index in [0.717, 1.165) is 6.54 Å². The van der Waals surface area contributed by atoms with E-state index in [1.807, 2.05) is 7.05 Å². The topological polar surface area (TPSA) is 71.1 Å². The summed E-state index contributed by atoms with van der Waals surface area (Å²) in [5.74, 6) is -0.462.